The van der Waals surface area contributed by atoms with E-state index in [-0.39, 0.29) is 17.6 Å². The monoisotopic (exact) mass is 369 g/mol. The van der Waals surface area contributed by atoms with Gasteiger partial charge in [0.05, 0.1) is 11.4 Å². The number of nitriles is 1. The molecule has 0 saturated heterocycles. The van der Waals surface area contributed by atoms with Crippen LogP contribution in [0.1, 0.15) is 43.3 Å². The summed E-state index contributed by atoms with van der Waals surface area (Å²) in [6.07, 6.45) is 1.23. The van der Waals surface area contributed by atoms with Crippen LogP contribution >= 0.6 is 0 Å². The molecule has 0 saturated carbocycles. The van der Waals surface area contributed by atoms with Gasteiger partial charge in [0, 0.05) is 12.5 Å². The summed E-state index contributed by atoms with van der Waals surface area (Å²) in [5.41, 5.74) is 7.57. The lowest BCUT2D eigenvalue weighted by Gasteiger charge is -2.03. The van der Waals surface area contributed by atoms with Gasteiger partial charge in [-0.2, -0.15) is 15.3 Å². The van der Waals surface area contributed by atoms with Crippen molar-refractivity contribution in [2.45, 2.75) is 32.6 Å². The Labute approximate surface area is 155 Å². The van der Waals surface area contributed by atoms with Crippen molar-refractivity contribution in [1.29, 1.82) is 5.26 Å². The van der Waals surface area contributed by atoms with E-state index in [1.165, 1.54) is 16.8 Å². The van der Waals surface area contributed by atoms with Gasteiger partial charge in [-0.1, -0.05) is 19.0 Å². The molecule has 9 heteroatoms. The van der Waals surface area contributed by atoms with E-state index < -0.39 is 0 Å². The van der Waals surface area contributed by atoms with Crippen molar-refractivity contribution in [2.24, 2.45) is 0 Å². The lowest BCUT2D eigenvalue weighted by molar-refractivity contribution is 0.419. The van der Waals surface area contributed by atoms with Crippen LogP contribution in [0.4, 0.5) is 16.2 Å². The number of hydrogen-bond donors (Lipinski definition) is 2. The van der Waals surface area contributed by atoms with Crippen molar-refractivity contribution in [3.05, 3.63) is 47.2 Å². The molecule has 2 heterocycles. The third kappa shape index (κ3) is 4.06. The van der Waals surface area contributed by atoms with Crippen molar-refractivity contribution in [2.75, 3.05) is 17.6 Å². The van der Waals surface area contributed by atoms with Gasteiger partial charge < -0.3 is 15.6 Å². The number of nitrogens with zero attached hydrogens (tertiary/aromatic N) is 5. The Bertz CT molecular complexity index is 953. The summed E-state index contributed by atoms with van der Waals surface area (Å²) in [5, 5.41) is 20.8. The molecule has 0 unspecified atom stereocenters. The number of halogens is 1. The summed E-state index contributed by atoms with van der Waals surface area (Å²) in [6.45, 7) is 4.55. The molecule has 8 nitrogen and oxygen atoms in total. The highest BCUT2D eigenvalue weighted by Crippen LogP contribution is 2.22. The van der Waals surface area contributed by atoms with Crippen LogP contribution in [0.3, 0.4) is 0 Å². The first-order valence-electron chi connectivity index (χ1n) is 8.60. The maximum atomic E-state index is 13.1. The summed E-state index contributed by atoms with van der Waals surface area (Å²) in [5.74, 6) is 0.736. The Balaban J connectivity index is 1.65. The molecule has 0 fully saturated rings. The number of nitrogens with two attached hydrogens (primary N) is 1. The maximum absolute atomic E-state index is 13.1. The van der Waals surface area contributed by atoms with Crippen molar-refractivity contribution in [3.63, 3.8) is 0 Å². The van der Waals surface area contributed by atoms with Gasteiger partial charge in [0.2, 0.25) is 0 Å². The third-order valence-corrected chi connectivity index (χ3v) is 4.00. The number of nitrogen functional groups attached to an aromatic ring is 1. The molecule has 0 aliphatic carbocycles. The molecule has 0 radical (unpaired) electrons. The summed E-state index contributed by atoms with van der Waals surface area (Å²) < 4.78 is 19.7. The normalized spacial score (nSPS) is 10.9. The van der Waals surface area contributed by atoms with Gasteiger partial charge in [-0.05, 0) is 37.1 Å². The minimum atomic E-state index is -0.349. The molecular weight excluding hydrogens is 349 g/mol. The SMILES string of the molecule is CC(C)c1noc(NCCCc2nn(-c3ccc(F)cc3)c(N)c2C#N)n1. The molecule has 3 rings (SSSR count). The molecule has 0 atom stereocenters. The number of anilines is 2. The van der Waals surface area contributed by atoms with Crippen LogP contribution in [0.5, 0.6) is 0 Å². The van der Waals surface area contributed by atoms with Crippen LogP contribution in [0.15, 0.2) is 28.8 Å². The molecular formula is C18H20FN7O. The van der Waals surface area contributed by atoms with Crippen molar-refractivity contribution in [3.8, 4) is 11.8 Å². The number of rotatable bonds is 7. The zero-order chi connectivity index (χ0) is 19.4. The van der Waals surface area contributed by atoms with E-state index in [0.717, 1.165) is 0 Å². The van der Waals surface area contributed by atoms with E-state index in [9.17, 15) is 9.65 Å². The number of hydrogen-bond acceptors (Lipinski definition) is 7. The standard InChI is InChI=1S/C18H20FN7O/c1-11(2)17-23-18(27-25-17)22-9-3-4-15-14(10-20)16(21)26(24-15)13-7-5-12(19)6-8-13/h5-8,11H,3-4,9,21H2,1-2H3,(H,22,23,25). The highest BCUT2D eigenvalue weighted by atomic mass is 19.1. The van der Waals surface area contributed by atoms with Gasteiger partial charge in [-0.25, -0.2) is 9.07 Å². The van der Waals surface area contributed by atoms with Crippen LogP contribution in [0, 0.1) is 17.1 Å². The molecule has 0 spiro atoms. The molecule has 27 heavy (non-hydrogen) atoms. The Morgan fingerprint density at radius 3 is 2.70 bits per heavy atom. The van der Waals surface area contributed by atoms with Crippen LogP contribution in [-0.2, 0) is 6.42 Å². The summed E-state index contributed by atoms with van der Waals surface area (Å²) in [4.78, 5) is 4.24. The van der Waals surface area contributed by atoms with Crippen LogP contribution < -0.4 is 11.1 Å². The van der Waals surface area contributed by atoms with E-state index in [1.54, 1.807) is 12.1 Å². The fraction of sp³-hybridized carbons (Fsp3) is 0.333. The minimum Gasteiger partial charge on any atom is -0.382 e. The highest BCUT2D eigenvalue weighted by molar-refractivity contribution is 5.56. The third-order valence-electron chi connectivity index (χ3n) is 4.00. The van der Waals surface area contributed by atoms with Crippen molar-refractivity contribution < 1.29 is 8.91 Å². The molecule has 0 amide bonds. The molecule has 1 aromatic carbocycles. The Morgan fingerprint density at radius 1 is 1.33 bits per heavy atom. The number of aromatic nitrogens is 4. The summed E-state index contributed by atoms with van der Waals surface area (Å²) in [6, 6.07) is 8.23. The summed E-state index contributed by atoms with van der Waals surface area (Å²) >= 11 is 0. The van der Waals surface area contributed by atoms with Crippen LogP contribution in [0.25, 0.3) is 5.69 Å². The molecule has 3 N–H and O–H groups in total. The first kappa shape index (κ1) is 18.4. The van der Waals surface area contributed by atoms with Gasteiger partial charge in [0.25, 0.3) is 0 Å². The van der Waals surface area contributed by atoms with Gasteiger partial charge in [0.1, 0.15) is 23.3 Å². The van der Waals surface area contributed by atoms with E-state index in [0.29, 0.717) is 48.2 Å². The molecule has 0 bridgehead atoms. The van der Waals surface area contributed by atoms with E-state index in [4.69, 9.17) is 10.3 Å². The molecule has 3 aromatic rings. The molecule has 0 aliphatic rings. The largest absolute Gasteiger partial charge is 0.382 e. The number of nitrogens with one attached hydrogen (secondary N) is 1. The fourth-order valence-electron chi connectivity index (χ4n) is 2.55. The average Bonchev–Trinajstić information content (AvgIpc) is 3.24. The van der Waals surface area contributed by atoms with Gasteiger partial charge >= 0.3 is 6.01 Å². The number of benzene rings is 1. The quantitative estimate of drug-likeness (QED) is 0.614. The van der Waals surface area contributed by atoms with Gasteiger partial charge in [-0.15, -0.1) is 0 Å². The van der Waals surface area contributed by atoms with Gasteiger partial charge in [-0.3, -0.25) is 0 Å². The van der Waals surface area contributed by atoms with Crippen molar-refractivity contribution in [1.82, 2.24) is 19.9 Å². The second-order valence-corrected chi connectivity index (χ2v) is 6.35. The zero-order valence-electron chi connectivity index (χ0n) is 15.1. The maximum Gasteiger partial charge on any atom is 0.321 e. The average molecular weight is 369 g/mol. The highest BCUT2D eigenvalue weighted by Gasteiger charge is 2.16. The lowest BCUT2D eigenvalue weighted by Crippen LogP contribution is -2.05. The second kappa shape index (κ2) is 7.86. The molecule has 2 aromatic heterocycles. The zero-order valence-corrected chi connectivity index (χ0v) is 15.1. The molecule has 140 valence electrons. The van der Waals surface area contributed by atoms with Crippen LogP contribution in [-0.4, -0.2) is 26.5 Å². The van der Waals surface area contributed by atoms with E-state index in [1.807, 2.05) is 13.8 Å². The smallest absolute Gasteiger partial charge is 0.321 e. The Hall–Kier alpha value is -3.41. The lowest BCUT2D eigenvalue weighted by atomic mass is 10.1. The molecule has 0 aliphatic heterocycles. The first-order chi connectivity index (χ1) is 13.0. The number of aryl methyl sites for hydroxylation is 1. The Morgan fingerprint density at radius 2 is 2.07 bits per heavy atom. The topological polar surface area (TPSA) is 119 Å². The Kier molecular flexibility index (Phi) is 5.35. The predicted octanol–water partition coefficient (Wildman–Crippen LogP) is 3.02. The van der Waals surface area contributed by atoms with Gasteiger partial charge in [0.15, 0.2) is 5.82 Å². The fourth-order valence-corrected chi connectivity index (χ4v) is 2.55. The second-order valence-electron chi connectivity index (χ2n) is 6.35. The summed E-state index contributed by atoms with van der Waals surface area (Å²) in [7, 11) is 0. The minimum absolute atomic E-state index is 0.195. The van der Waals surface area contributed by atoms with Crippen LogP contribution in [0.2, 0.25) is 0 Å². The van der Waals surface area contributed by atoms with Crippen molar-refractivity contribution >= 4 is 11.8 Å². The van der Waals surface area contributed by atoms with E-state index >= 15 is 0 Å². The van der Waals surface area contributed by atoms with E-state index in [2.05, 4.69) is 26.6 Å². The predicted molar refractivity (Wildman–Crippen MR) is 97.8 cm³/mol. The first-order valence-corrected chi connectivity index (χ1v) is 8.60.